The van der Waals surface area contributed by atoms with Gasteiger partial charge in [-0.1, -0.05) is 18.2 Å². The zero-order chi connectivity index (χ0) is 13.6. The monoisotopic (exact) mass is 274 g/mol. The average molecular weight is 274 g/mol. The van der Waals surface area contributed by atoms with Crippen LogP contribution in [0.15, 0.2) is 18.2 Å². The summed E-state index contributed by atoms with van der Waals surface area (Å²) >= 11 is 0. The lowest BCUT2D eigenvalue weighted by Crippen LogP contribution is -2.26. The van der Waals surface area contributed by atoms with Crippen LogP contribution in [0.5, 0.6) is 0 Å². The number of ether oxygens (including phenoxy) is 1. The maximum Gasteiger partial charge on any atom is 0.0494 e. The van der Waals surface area contributed by atoms with Crippen LogP contribution in [0.4, 0.5) is 0 Å². The predicted molar refractivity (Wildman–Crippen MR) is 81.7 cm³/mol. The van der Waals surface area contributed by atoms with Gasteiger partial charge in [0, 0.05) is 26.3 Å². The van der Waals surface area contributed by atoms with E-state index in [2.05, 4.69) is 28.8 Å². The largest absolute Gasteiger partial charge is 0.381 e. The summed E-state index contributed by atoms with van der Waals surface area (Å²) in [7, 11) is 0. The molecule has 1 aliphatic carbocycles. The Bertz CT molecular complexity index is 429. The Morgan fingerprint density at radius 2 is 2.25 bits per heavy atom. The van der Waals surface area contributed by atoms with Crippen molar-refractivity contribution in [1.29, 1.82) is 0 Å². The van der Waals surface area contributed by atoms with Crippen LogP contribution in [-0.4, -0.2) is 26.3 Å². The highest BCUT2D eigenvalue weighted by Crippen LogP contribution is 2.28. The van der Waals surface area contributed by atoms with Crippen molar-refractivity contribution in [2.24, 2.45) is 5.92 Å². The molecule has 1 aliphatic heterocycles. The molecule has 1 aromatic carbocycles. The fourth-order valence-corrected chi connectivity index (χ4v) is 2.83. The highest BCUT2D eigenvalue weighted by atomic mass is 16.5. The summed E-state index contributed by atoms with van der Waals surface area (Å²) in [6, 6.07) is 6.69. The van der Waals surface area contributed by atoms with E-state index in [4.69, 9.17) is 4.74 Å². The summed E-state index contributed by atoms with van der Waals surface area (Å²) in [5.41, 5.74) is 4.51. The highest BCUT2D eigenvalue weighted by Gasteiger charge is 2.20. The first kappa shape index (κ1) is 14.1. The van der Waals surface area contributed by atoms with Crippen LogP contribution in [-0.2, 0) is 24.2 Å². The third-order valence-electron chi connectivity index (χ3n) is 4.25. The van der Waals surface area contributed by atoms with Gasteiger partial charge in [0.15, 0.2) is 0 Å². The lowest BCUT2D eigenvalue weighted by atomic mass is 9.95. The van der Waals surface area contributed by atoms with Crippen LogP contribution in [0, 0.1) is 5.92 Å². The van der Waals surface area contributed by atoms with Gasteiger partial charge in [0.05, 0.1) is 0 Å². The van der Waals surface area contributed by atoms with Crippen LogP contribution < -0.4 is 10.6 Å². The van der Waals surface area contributed by atoms with Crippen molar-refractivity contribution in [1.82, 2.24) is 10.6 Å². The number of nitrogens with one attached hydrogen (secondary N) is 2. The number of fused-ring (bicyclic) bond motifs is 1. The molecule has 20 heavy (non-hydrogen) atoms. The summed E-state index contributed by atoms with van der Waals surface area (Å²) in [6.07, 6.45) is 5.04. The van der Waals surface area contributed by atoms with Gasteiger partial charge < -0.3 is 15.4 Å². The highest BCUT2D eigenvalue weighted by molar-refractivity contribution is 5.36. The molecule has 1 fully saturated rings. The molecule has 2 aliphatic rings. The molecule has 3 rings (SSSR count). The van der Waals surface area contributed by atoms with Gasteiger partial charge in [0.25, 0.3) is 0 Å². The predicted octanol–water partition coefficient (Wildman–Crippen LogP) is 2.24. The van der Waals surface area contributed by atoms with Crippen LogP contribution >= 0.6 is 0 Å². The molecule has 0 amide bonds. The molecule has 1 heterocycles. The normalized spacial score (nSPS) is 18.0. The van der Waals surface area contributed by atoms with Crippen LogP contribution in [0.3, 0.4) is 0 Å². The van der Waals surface area contributed by atoms with Crippen molar-refractivity contribution in [3.05, 3.63) is 34.9 Å². The summed E-state index contributed by atoms with van der Waals surface area (Å²) in [6.45, 7) is 6.06. The molecular weight excluding hydrogens is 248 g/mol. The maximum atomic E-state index is 5.65. The second kappa shape index (κ2) is 7.21. The minimum Gasteiger partial charge on any atom is -0.381 e. The van der Waals surface area contributed by atoms with E-state index in [0.717, 1.165) is 58.2 Å². The van der Waals surface area contributed by atoms with E-state index in [9.17, 15) is 0 Å². The van der Waals surface area contributed by atoms with E-state index in [1.165, 1.54) is 24.0 Å². The van der Waals surface area contributed by atoms with Gasteiger partial charge >= 0.3 is 0 Å². The molecule has 110 valence electrons. The summed E-state index contributed by atoms with van der Waals surface area (Å²) < 4.78 is 5.65. The molecular formula is C17H26N2O. The first-order valence-electron chi connectivity index (χ1n) is 8.02. The summed E-state index contributed by atoms with van der Waals surface area (Å²) in [4.78, 5) is 0. The molecule has 0 atom stereocenters. The van der Waals surface area contributed by atoms with Gasteiger partial charge in [0.1, 0.15) is 0 Å². The molecule has 0 unspecified atom stereocenters. The Kier molecular flexibility index (Phi) is 5.06. The Hall–Kier alpha value is -0.900. The van der Waals surface area contributed by atoms with Crippen molar-refractivity contribution in [3.8, 4) is 0 Å². The Morgan fingerprint density at radius 3 is 3.15 bits per heavy atom. The fourth-order valence-electron chi connectivity index (χ4n) is 2.83. The quantitative estimate of drug-likeness (QED) is 0.713. The van der Waals surface area contributed by atoms with Crippen LogP contribution in [0.2, 0.25) is 0 Å². The molecule has 0 bridgehead atoms. The van der Waals surface area contributed by atoms with Crippen molar-refractivity contribution in [3.63, 3.8) is 0 Å². The third-order valence-corrected chi connectivity index (χ3v) is 4.25. The molecule has 1 saturated carbocycles. The fraction of sp³-hybridized carbons (Fsp3) is 0.647. The average Bonchev–Trinajstić information content (AvgIpc) is 3.30. The number of hydrogen-bond donors (Lipinski definition) is 2. The topological polar surface area (TPSA) is 33.3 Å². The van der Waals surface area contributed by atoms with Gasteiger partial charge in [-0.05, 0) is 61.4 Å². The lowest BCUT2D eigenvalue weighted by molar-refractivity contribution is 0.122. The van der Waals surface area contributed by atoms with Crippen molar-refractivity contribution < 1.29 is 4.74 Å². The standard InChI is InChI=1S/C17H26N2O/c1-3-15(17-7-9-19-12-16(17)4-1)11-18-8-2-10-20-13-14-5-6-14/h1,3-4,14,18-19H,2,5-13H2. The van der Waals surface area contributed by atoms with Gasteiger partial charge in [0.2, 0.25) is 0 Å². The second-order valence-corrected chi connectivity index (χ2v) is 6.03. The van der Waals surface area contributed by atoms with Gasteiger partial charge in [-0.3, -0.25) is 0 Å². The Balaban J connectivity index is 1.35. The lowest BCUT2D eigenvalue weighted by Gasteiger charge is -2.20. The van der Waals surface area contributed by atoms with E-state index in [1.54, 1.807) is 5.56 Å². The molecule has 0 spiro atoms. The molecule has 0 aromatic heterocycles. The SMILES string of the molecule is c1cc(CNCCCOCC2CC2)c2c(c1)CNCC2. The Labute approximate surface area is 122 Å². The van der Waals surface area contributed by atoms with Crippen molar-refractivity contribution in [2.45, 2.75) is 38.8 Å². The smallest absolute Gasteiger partial charge is 0.0494 e. The molecule has 3 nitrogen and oxygen atoms in total. The van der Waals surface area contributed by atoms with Crippen molar-refractivity contribution >= 4 is 0 Å². The zero-order valence-corrected chi connectivity index (χ0v) is 12.3. The molecule has 1 aromatic rings. The van der Waals surface area contributed by atoms with E-state index in [-0.39, 0.29) is 0 Å². The molecule has 3 heteroatoms. The first-order valence-corrected chi connectivity index (χ1v) is 8.02. The second-order valence-electron chi connectivity index (χ2n) is 6.03. The molecule has 2 N–H and O–H groups in total. The first-order chi connectivity index (χ1) is 9.93. The minimum absolute atomic E-state index is 0.882. The van der Waals surface area contributed by atoms with E-state index >= 15 is 0 Å². The van der Waals surface area contributed by atoms with Gasteiger partial charge in [-0.15, -0.1) is 0 Å². The minimum atomic E-state index is 0.882. The third kappa shape index (κ3) is 4.05. The zero-order valence-electron chi connectivity index (χ0n) is 12.3. The van der Waals surface area contributed by atoms with E-state index in [1.807, 2.05) is 0 Å². The van der Waals surface area contributed by atoms with Crippen molar-refractivity contribution in [2.75, 3.05) is 26.3 Å². The summed E-state index contributed by atoms with van der Waals surface area (Å²) in [5, 5.41) is 6.99. The van der Waals surface area contributed by atoms with Gasteiger partial charge in [-0.2, -0.15) is 0 Å². The molecule has 0 radical (unpaired) electrons. The van der Waals surface area contributed by atoms with Crippen LogP contribution in [0.25, 0.3) is 0 Å². The van der Waals surface area contributed by atoms with E-state index < -0.39 is 0 Å². The number of rotatable bonds is 8. The number of benzene rings is 1. The van der Waals surface area contributed by atoms with Crippen LogP contribution in [0.1, 0.15) is 36.0 Å². The molecule has 0 saturated heterocycles. The Morgan fingerprint density at radius 1 is 1.30 bits per heavy atom. The van der Waals surface area contributed by atoms with E-state index in [0.29, 0.717) is 0 Å². The maximum absolute atomic E-state index is 5.65. The number of hydrogen-bond acceptors (Lipinski definition) is 3. The van der Waals surface area contributed by atoms with Gasteiger partial charge in [-0.25, -0.2) is 0 Å². The summed E-state index contributed by atoms with van der Waals surface area (Å²) in [5.74, 6) is 0.882.